The maximum Gasteiger partial charge on any atom is 0.265 e. The Morgan fingerprint density at radius 1 is 1.27 bits per heavy atom. The number of benzene rings is 1. The summed E-state index contributed by atoms with van der Waals surface area (Å²) in [6, 6.07) is 6.83. The maximum absolute atomic E-state index is 13.1. The van der Waals surface area contributed by atoms with E-state index < -0.39 is 10.0 Å². The molecular weight excluding hydrogens is 418 g/mol. The van der Waals surface area contributed by atoms with Crippen LogP contribution in [0.5, 0.6) is 0 Å². The SMILES string of the molecule is Cc1ccc(S(=O)(=O)NCC2CCCN(C(=O)c3sc(CC(C)C)nc3C)C2)cc1. The van der Waals surface area contributed by atoms with Crippen LogP contribution in [0.15, 0.2) is 29.2 Å². The van der Waals surface area contributed by atoms with Crippen molar-refractivity contribution >= 4 is 27.3 Å². The minimum atomic E-state index is -3.54. The van der Waals surface area contributed by atoms with Crippen molar-refractivity contribution in [3.63, 3.8) is 0 Å². The van der Waals surface area contributed by atoms with Gasteiger partial charge in [0.2, 0.25) is 10.0 Å². The predicted octanol–water partition coefficient (Wildman–Crippen LogP) is 3.79. The quantitative estimate of drug-likeness (QED) is 0.697. The first kappa shape index (κ1) is 22.9. The fraction of sp³-hybridized carbons (Fsp3) is 0.545. The van der Waals surface area contributed by atoms with Gasteiger partial charge in [0.05, 0.1) is 15.6 Å². The average molecular weight is 450 g/mol. The molecule has 1 atom stereocenters. The molecule has 1 N–H and O–H groups in total. The number of aromatic nitrogens is 1. The molecule has 3 rings (SSSR count). The molecule has 1 unspecified atom stereocenters. The molecule has 1 aromatic carbocycles. The van der Waals surface area contributed by atoms with Crippen molar-refractivity contribution in [3.05, 3.63) is 45.4 Å². The summed E-state index contributed by atoms with van der Waals surface area (Å²) in [6.07, 6.45) is 2.65. The van der Waals surface area contributed by atoms with Crippen LogP contribution >= 0.6 is 11.3 Å². The molecule has 1 fully saturated rings. The highest BCUT2D eigenvalue weighted by molar-refractivity contribution is 7.89. The van der Waals surface area contributed by atoms with Crippen LogP contribution in [0.4, 0.5) is 0 Å². The number of amides is 1. The van der Waals surface area contributed by atoms with Gasteiger partial charge in [-0.15, -0.1) is 11.3 Å². The van der Waals surface area contributed by atoms with Crippen LogP contribution in [0.1, 0.15) is 52.6 Å². The van der Waals surface area contributed by atoms with Crippen molar-refractivity contribution in [3.8, 4) is 0 Å². The molecule has 0 spiro atoms. The number of carbonyl (C=O) groups is 1. The van der Waals surface area contributed by atoms with Crippen LogP contribution in [0.25, 0.3) is 0 Å². The number of likely N-dealkylation sites (tertiary alicyclic amines) is 1. The summed E-state index contributed by atoms with van der Waals surface area (Å²) in [7, 11) is -3.54. The van der Waals surface area contributed by atoms with Crippen molar-refractivity contribution in [1.82, 2.24) is 14.6 Å². The molecule has 0 aliphatic carbocycles. The lowest BCUT2D eigenvalue weighted by Crippen LogP contribution is -2.43. The van der Waals surface area contributed by atoms with Crippen molar-refractivity contribution in [2.24, 2.45) is 11.8 Å². The Hall–Kier alpha value is -1.77. The number of nitrogens with zero attached hydrogens (tertiary/aromatic N) is 2. The lowest BCUT2D eigenvalue weighted by Gasteiger charge is -2.32. The zero-order valence-electron chi connectivity index (χ0n) is 18.1. The van der Waals surface area contributed by atoms with Crippen LogP contribution in [-0.4, -0.2) is 43.8 Å². The number of sulfonamides is 1. The molecule has 0 bridgehead atoms. The Morgan fingerprint density at radius 3 is 2.63 bits per heavy atom. The summed E-state index contributed by atoms with van der Waals surface area (Å²) in [5.74, 6) is 0.622. The Bertz CT molecular complexity index is 982. The number of carbonyl (C=O) groups excluding carboxylic acids is 1. The minimum absolute atomic E-state index is 0.0195. The average Bonchev–Trinajstić information content (AvgIpc) is 3.05. The first-order valence-electron chi connectivity index (χ1n) is 10.5. The van der Waals surface area contributed by atoms with Crippen LogP contribution in [0.3, 0.4) is 0 Å². The second-order valence-electron chi connectivity index (χ2n) is 8.54. The molecule has 1 saturated heterocycles. The summed E-state index contributed by atoms with van der Waals surface area (Å²) in [6.45, 7) is 9.71. The molecule has 164 valence electrons. The molecule has 8 heteroatoms. The van der Waals surface area contributed by atoms with Crippen LogP contribution in [-0.2, 0) is 16.4 Å². The second-order valence-corrected chi connectivity index (χ2v) is 11.4. The van der Waals surface area contributed by atoms with E-state index in [2.05, 4.69) is 23.6 Å². The first-order chi connectivity index (χ1) is 14.2. The molecule has 30 heavy (non-hydrogen) atoms. The van der Waals surface area contributed by atoms with E-state index in [0.717, 1.165) is 35.5 Å². The topological polar surface area (TPSA) is 79.4 Å². The highest BCUT2D eigenvalue weighted by Crippen LogP contribution is 2.25. The first-order valence-corrected chi connectivity index (χ1v) is 12.8. The van der Waals surface area contributed by atoms with Crippen molar-refractivity contribution < 1.29 is 13.2 Å². The van der Waals surface area contributed by atoms with Gasteiger partial charge in [0.1, 0.15) is 4.88 Å². The third kappa shape index (κ3) is 5.68. The lowest BCUT2D eigenvalue weighted by molar-refractivity contribution is 0.0680. The summed E-state index contributed by atoms with van der Waals surface area (Å²) >= 11 is 1.49. The lowest BCUT2D eigenvalue weighted by atomic mass is 9.98. The highest BCUT2D eigenvalue weighted by Gasteiger charge is 2.28. The van der Waals surface area contributed by atoms with Gasteiger partial charge in [0.15, 0.2) is 0 Å². The zero-order chi connectivity index (χ0) is 21.9. The van der Waals surface area contributed by atoms with Crippen LogP contribution in [0.2, 0.25) is 0 Å². The van der Waals surface area contributed by atoms with E-state index in [4.69, 9.17) is 0 Å². The largest absolute Gasteiger partial charge is 0.338 e. The van der Waals surface area contributed by atoms with Crippen molar-refractivity contribution in [1.29, 1.82) is 0 Å². The smallest absolute Gasteiger partial charge is 0.265 e. The Kier molecular flexibility index (Phi) is 7.31. The third-order valence-corrected chi connectivity index (χ3v) is 7.92. The molecule has 1 aromatic heterocycles. The van der Waals surface area contributed by atoms with Gasteiger partial charge in [-0.3, -0.25) is 4.79 Å². The van der Waals surface area contributed by atoms with Gasteiger partial charge in [0, 0.05) is 26.1 Å². The monoisotopic (exact) mass is 449 g/mol. The molecular formula is C22H31N3O3S2. The molecule has 1 aliphatic rings. The fourth-order valence-electron chi connectivity index (χ4n) is 3.68. The van der Waals surface area contributed by atoms with Gasteiger partial charge >= 0.3 is 0 Å². The second kappa shape index (κ2) is 9.58. The van der Waals surface area contributed by atoms with E-state index in [1.807, 2.05) is 18.7 Å². The molecule has 0 radical (unpaired) electrons. The zero-order valence-corrected chi connectivity index (χ0v) is 19.8. The normalized spacial score (nSPS) is 17.5. The van der Waals surface area contributed by atoms with E-state index in [-0.39, 0.29) is 16.7 Å². The Morgan fingerprint density at radius 2 is 1.97 bits per heavy atom. The number of hydrogen-bond acceptors (Lipinski definition) is 5. The Labute approximate surface area is 183 Å². The van der Waals surface area contributed by atoms with Gasteiger partial charge in [-0.05, 0) is 50.7 Å². The molecule has 6 nitrogen and oxygen atoms in total. The van der Waals surface area contributed by atoms with E-state index in [1.54, 1.807) is 24.3 Å². The number of aryl methyl sites for hydroxylation is 2. The third-order valence-electron chi connectivity index (χ3n) is 5.32. The number of nitrogens with one attached hydrogen (secondary N) is 1. The van der Waals surface area contributed by atoms with E-state index in [9.17, 15) is 13.2 Å². The van der Waals surface area contributed by atoms with Gasteiger partial charge in [0.25, 0.3) is 5.91 Å². The molecule has 1 aliphatic heterocycles. The summed E-state index contributed by atoms with van der Waals surface area (Å²) in [5.41, 5.74) is 1.81. The van der Waals surface area contributed by atoms with Gasteiger partial charge < -0.3 is 4.90 Å². The maximum atomic E-state index is 13.1. The number of thiazole rings is 1. The van der Waals surface area contributed by atoms with Crippen molar-refractivity contribution in [2.45, 2.75) is 51.9 Å². The molecule has 2 heterocycles. The summed E-state index contributed by atoms with van der Waals surface area (Å²) < 4.78 is 27.8. The fourth-order valence-corrected chi connectivity index (χ4v) is 6.04. The minimum Gasteiger partial charge on any atom is -0.338 e. The number of rotatable bonds is 7. The summed E-state index contributed by atoms with van der Waals surface area (Å²) in [5, 5.41) is 1.00. The van der Waals surface area contributed by atoms with Crippen LogP contribution < -0.4 is 4.72 Å². The predicted molar refractivity (Wildman–Crippen MR) is 120 cm³/mol. The highest BCUT2D eigenvalue weighted by atomic mass is 32.2. The van der Waals surface area contributed by atoms with E-state index >= 15 is 0 Å². The molecule has 2 aromatic rings. The van der Waals surface area contributed by atoms with Crippen LogP contribution in [0, 0.1) is 25.7 Å². The van der Waals surface area contributed by atoms with E-state index in [1.165, 1.54) is 11.3 Å². The number of piperidine rings is 1. The van der Waals surface area contributed by atoms with Gasteiger partial charge in [-0.2, -0.15) is 0 Å². The van der Waals surface area contributed by atoms with E-state index in [0.29, 0.717) is 30.4 Å². The van der Waals surface area contributed by atoms with Gasteiger partial charge in [-0.1, -0.05) is 31.5 Å². The summed E-state index contributed by atoms with van der Waals surface area (Å²) in [4.78, 5) is 20.5. The number of hydrogen-bond donors (Lipinski definition) is 1. The van der Waals surface area contributed by atoms with Crippen molar-refractivity contribution in [2.75, 3.05) is 19.6 Å². The standard InChI is InChI=1S/C22H31N3O3S2/c1-15(2)12-20-24-17(4)21(29-20)22(26)25-11-5-6-18(14-25)13-23-30(27,28)19-9-7-16(3)8-10-19/h7-10,15,18,23H,5-6,11-14H2,1-4H3. The molecule has 0 saturated carbocycles. The molecule has 1 amide bonds. The van der Waals surface area contributed by atoms with Gasteiger partial charge in [-0.25, -0.2) is 18.1 Å². The Balaban J connectivity index is 1.62.